The molecule has 0 amide bonds. The van der Waals surface area contributed by atoms with Crippen LogP contribution < -0.4 is 0 Å². The van der Waals surface area contributed by atoms with Crippen molar-refractivity contribution < 1.29 is 0 Å². The zero-order chi connectivity index (χ0) is 13.9. The fourth-order valence-corrected chi connectivity index (χ4v) is 4.58. The van der Waals surface area contributed by atoms with Crippen molar-refractivity contribution in [3.63, 3.8) is 0 Å². The van der Waals surface area contributed by atoms with E-state index in [1.807, 2.05) is 0 Å². The van der Waals surface area contributed by atoms with Crippen LogP contribution in [0.5, 0.6) is 0 Å². The van der Waals surface area contributed by atoms with E-state index in [0.29, 0.717) is 5.41 Å². The summed E-state index contributed by atoms with van der Waals surface area (Å²) in [6, 6.07) is 0. The molecule has 0 aliphatic carbocycles. The van der Waals surface area contributed by atoms with Crippen LogP contribution >= 0.6 is 11.9 Å². The van der Waals surface area contributed by atoms with E-state index in [1.54, 1.807) is 0 Å². The highest BCUT2D eigenvalue weighted by Crippen LogP contribution is 2.42. The summed E-state index contributed by atoms with van der Waals surface area (Å²) in [4.78, 5) is 2.69. The molecule has 0 aromatic carbocycles. The third-order valence-corrected chi connectivity index (χ3v) is 5.77. The Hall–Kier alpha value is 0.270. The Morgan fingerprint density at radius 1 is 0.895 bits per heavy atom. The molecule has 0 radical (unpaired) electrons. The molecule has 3 heteroatoms. The van der Waals surface area contributed by atoms with Gasteiger partial charge in [0.1, 0.15) is 0 Å². The number of hydrogen-bond acceptors (Lipinski definition) is 3. The fraction of sp³-hybridized carbons (Fsp3) is 1.00. The van der Waals surface area contributed by atoms with E-state index in [4.69, 9.17) is 0 Å². The number of nitrogens with zero attached hydrogens (tertiary/aromatic N) is 2. The smallest absolute Gasteiger partial charge is 0.0138 e. The second kappa shape index (κ2) is 6.82. The van der Waals surface area contributed by atoms with Crippen LogP contribution in [0.3, 0.4) is 0 Å². The van der Waals surface area contributed by atoms with Crippen molar-refractivity contribution in [2.75, 3.05) is 32.7 Å². The van der Waals surface area contributed by atoms with Gasteiger partial charge in [0.05, 0.1) is 0 Å². The van der Waals surface area contributed by atoms with Crippen LogP contribution in [0.15, 0.2) is 0 Å². The molecular weight excluding hydrogens is 252 g/mol. The van der Waals surface area contributed by atoms with E-state index in [-0.39, 0.29) is 0 Å². The zero-order valence-electron chi connectivity index (χ0n) is 13.3. The third-order valence-electron chi connectivity index (χ3n) is 4.68. The molecule has 1 spiro atoms. The average Bonchev–Trinajstić information content (AvgIpc) is 2.34. The van der Waals surface area contributed by atoms with Crippen LogP contribution in [-0.4, -0.2) is 47.2 Å². The van der Waals surface area contributed by atoms with Gasteiger partial charge in [0.2, 0.25) is 0 Å². The molecule has 0 N–H and O–H groups in total. The van der Waals surface area contributed by atoms with Gasteiger partial charge in [0, 0.05) is 24.9 Å². The molecule has 2 nitrogen and oxygen atoms in total. The first kappa shape index (κ1) is 15.7. The van der Waals surface area contributed by atoms with Crippen LogP contribution in [0.4, 0.5) is 0 Å². The predicted molar refractivity (Wildman–Crippen MR) is 86.5 cm³/mol. The van der Waals surface area contributed by atoms with Crippen molar-refractivity contribution >= 4 is 11.9 Å². The Morgan fingerprint density at radius 3 is 1.89 bits per heavy atom. The Balaban J connectivity index is 1.75. The summed E-state index contributed by atoms with van der Waals surface area (Å²) in [5, 5.41) is 0.738. The molecule has 0 saturated carbocycles. The van der Waals surface area contributed by atoms with Crippen LogP contribution in [0.25, 0.3) is 0 Å². The lowest BCUT2D eigenvalue weighted by Crippen LogP contribution is -2.46. The summed E-state index contributed by atoms with van der Waals surface area (Å²) in [7, 11) is 0. The lowest BCUT2D eigenvalue weighted by atomic mass is 9.71. The van der Waals surface area contributed by atoms with E-state index >= 15 is 0 Å². The first-order valence-electron chi connectivity index (χ1n) is 8.13. The molecule has 0 atom stereocenters. The van der Waals surface area contributed by atoms with Crippen LogP contribution in [0.1, 0.15) is 53.4 Å². The monoisotopic (exact) mass is 284 g/mol. The standard InChI is InChI=1S/C16H32N2S/c1-14(2)13-17-9-5-16(6-10-17)7-11-18(12-8-16)19-15(3)4/h14-15H,5-13H2,1-4H3. The Labute approximate surface area is 124 Å². The SMILES string of the molecule is CC(C)CN1CCC2(CC1)CCN(SC(C)C)CC2. The third kappa shape index (κ3) is 4.64. The molecule has 0 bridgehead atoms. The van der Waals surface area contributed by atoms with Gasteiger partial charge in [-0.1, -0.05) is 39.6 Å². The highest BCUT2D eigenvalue weighted by Gasteiger charge is 2.37. The predicted octanol–water partition coefficient (Wildman–Crippen LogP) is 3.88. The van der Waals surface area contributed by atoms with Crippen molar-refractivity contribution in [2.45, 2.75) is 58.6 Å². The molecular formula is C16H32N2S. The second-order valence-corrected chi connectivity index (χ2v) is 8.95. The van der Waals surface area contributed by atoms with Crippen LogP contribution in [-0.2, 0) is 0 Å². The Morgan fingerprint density at radius 2 is 1.42 bits per heavy atom. The van der Waals surface area contributed by atoms with Crippen molar-refractivity contribution in [1.29, 1.82) is 0 Å². The van der Waals surface area contributed by atoms with Crippen molar-refractivity contribution in [3.05, 3.63) is 0 Å². The second-order valence-electron chi connectivity index (χ2n) is 7.28. The molecule has 2 aliphatic rings. The summed E-state index contributed by atoms with van der Waals surface area (Å²) in [5.74, 6) is 0.818. The molecule has 2 aliphatic heterocycles. The van der Waals surface area contributed by atoms with E-state index in [2.05, 4.69) is 48.8 Å². The molecule has 19 heavy (non-hydrogen) atoms. The maximum absolute atomic E-state index is 2.69. The summed E-state index contributed by atoms with van der Waals surface area (Å²) >= 11 is 2.05. The average molecular weight is 285 g/mol. The van der Waals surface area contributed by atoms with Gasteiger partial charge in [0.25, 0.3) is 0 Å². The van der Waals surface area contributed by atoms with Crippen molar-refractivity contribution in [2.24, 2.45) is 11.3 Å². The molecule has 0 aromatic rings. The van der Waals surface area contributed by atoms with E-state index in [1.165, 1.54) is 58.4 Å². The minimum absolute atomic E-state index is 0.696. The minimum atomic E-state index is 0.696. The van der Waals surface area contributed by atoms with E-state index < -0.39 is 0 Å². The van der Waals surface area contributed by atoms with Gasteiger partial charge in [-0.15, -0.1) is 0 Å². The van der Waals surface area contributed by atoms with Crippen LogP contribution in [0.2, 0.25) is 0 Å². The summed E-state index contributed by atoms with van der Waals surface area (Å²) in [5.41, 5.74) is 0.696. The number of likely N-dealkylation sites (tertiary alicyclic amines) is 1. The first-order valence-corrected chi connectivity index (χ1v) is 8.97. The van der Waals surface area contributed by atoms with Gasteiger partial charge in [0.15, 0.2) is 0 Å². The largest absolute Gasteiger partial charge is 0.303 e. The Kier molecular flexibility index (Phi) is 5.62. The topological polar surface area (TPSA) is 6.48 Å². The van der Waals surface area contributed by atoms with E-state index in [9.17, 15) is 0 Å². The number of rotatable bonds is 4. The molecule has 2 rings (SSSR count). The van der Waals surface area contributed by atoms with Gasteiger partial charge >= 0.3 is 0 Å². The number of hydrogen-bond donors (Lipinski definition) is 0. The molecule has 2 saturated heterocycles. The summed E-state index contributed by atoms with van der Waals surface area (Å²) in [6.07, 6.45) is 5.75. The van der Waals surface area contributed by atoms with Crippen molar-refractivity contribution in [1.82, 2.24) is 9.21 Å². The molecule has 2 heterocycles. The van der Waals surface area contributed by atoms with Gasteiger partial charge in [-0.2, -0.15) is 0 Å². The number of piperidine rings is 2. The van der Waals surface area contributed by atoms with Gasteiger partial charge in [-0.3, -0.25) is 4.31 Å². The normalized spacial score (nSPS) is 25.6. The maximum atomic E-state index is 2.69. The lowest BCUT2D eigenvalue weighted by molar-refractivity contribution is 0.0534. The molecule has 112 valence electrons. The maximum Gasteiger partial charge on any atom is 0.0138 e. The van der Waals surface area contributed by atoms with Gasteiger partial charge < -0.3 is 4.90 Å². The highest BCUT2D eigenvalue weighted by molar-refractivity contribution is 7.97. The van der Waals surface area contributed by atoms with Crippen molar-refractivity contribution in [3.8, 4) is 0 Å². The molecule has 0 unspecified atom stereocenters. The van der Waals surface area contributed by atoms with Gasteiger partial charge in [-0.25, -0.2) is 0 Å². The van der Waals surface area contributed by atoms with Gasteiger partial charge in [-0.05, 0) is 50.1 Å². The minimum Gasteiger partial charge on any atom is -0.303 e. The summed E-state index contributed by atoms with van der Waals surface area (Å²) < 4.78 is 2.61. The molecule has 2 fully saturated rings. The van der Waals surface area contributed by atoms with E-state index in [0.717, 1.165) is 11.2 Å². The quantitative estimate of drug-likeness (QED) is 0.724. The highest BCUT2D eigenvalue weighted by atomic mass is 32.2. The lowest BCUT2D eigenvalue weighted by Gasteiger charge is -2.47. The van der Waals surface area contributed by atoms with Crippen LogP contribution in [0, 0.1) is 11.3 Å². The first-order chi connectivity index (χ1) is 8.99. The Bertz CT molecular complexity index is 230. The molecule has 0 aromatic heterocycles. The fourth-order valence-electron chi connectivity index (χ4n) is 3.59. The summed E-state index contributed by atoms with van der Waals surface area (Å²) in [6.45, 7) is 15.9. The zero-order valence-corrected chi connectivity index (χ0v) is 14.1.